The summed E-state index contributed by atoms with van der Waals surface area (Å²) in [6.07, 6.45) is 5.07. The number of pyridine rings is 1. The number of benzene rings is 1. The smallest absolute Gasteiger partial charge is 0.312 e. The summed E-state index contributed by atoms with van der Waals surface area (Å²) >= 11 is 7.67. The summed E-state index contributed by atoms with van der Waals surface area (Å²) in [4.78, 5) is 19.5. The molecular formula is C21H17ClN8O2S. The van der Waals surface area contributed by atoms with E-state index in [1.165, 1.54) is 11.8 Å². The zero-order valence-electron chi connectivity index (χ0n) is 17.1. The maximum absolute atomic E-state index is 13.1. The number of rotatable bonds is 8. The van der Waals surface area contributed by atoms with Crippen molar-refractivity contribution >= 4 is 35.3 Å². The number of nitrogens with zero attached hydrogens (tertiary/aromatic N) is 7. The monoisotopic (exact) mass is 480 g/mol. The predicted molar refractivity (Wildman–Crippen MR) is 121 cm³/mol. The van der Waals surface area contributed by atoms with Gasteiger partial charge < -0.3 is 15.1 Å². The van der Waals surface area contributed by atoms with Crippen LogP contribution >= 0.6 is 23.4 Å². The van der Waals surface area contributed by atoms with Crippen molar-refractivity contribution in [3.8, 4) is 11.8 Å². The van der Waals surface area contributed by atoms with E-state index in [0.29, 0.717) is 10.7 Å². The van der Waals surface area contributed by atoms with Gasteiger partial charge >= 0.3 is 6.01 Å². The summed E-state index contributed by atoms with van der Waals surface area (Å²) in [5.41, 5.74) is 7.39. The van der Waals surface area contributed by atoms with Crippen LogP contribution in [-0.4, -0.2) is 41.5 Å². The van der Waals surface area contributed by atoms with Crippen LogP contribution in [0, 0.1) is 11.3 Å². The molecule has 166 valence electrons. The number of halogens is 1. The largest absolute Gasteiger partial charge is 0.406 e. The van der Waals surface area contributed by atoms with Crippen molar-refractivity contribution < 1.29 is 9.21 Å². The molecule has 10 nitrogen and oxygen atoms in total. The lowest BCUT2D eigenvalue weighted by atomic mass is 10.2. The first-order valence-electron chi connectivity index (χ1n) is 9.65. The second-order valence-corrected chi connectivity index (χ2v) is 8.23. The molecule has 0 fully saturated rings. The first kappa shape index (κ1) is 22.3. The Labute approximate surface area is 198 Å². The number of carbonyl (C=O) groups excluding carboxylic acids is 1. The SMILES string of the molecule is N#Cc1ccc(CN(Cc2nnc(N)o2)C(=O)CSc2cc(-n3cccn3)ccc2Cl)cn1. The Hall–Kier alpha value is -3.88. The fourth-order valence-electron chi connectivity index (χ4n) is 2.93. The van der Waals surface area contributed by atoms with Crippen molar-refractivity contribution in [1.82, 2.24) is 29.9 Å². The highest BCUT2D eigenvalue weighted by atomic mass is 35.5. The third-order valence-electron chi connectivity index (χ3n) is 4.51. The molecule has 0 spiro atoms. The van der Waals surface area contributed by atoms with E-state index >= 15 is 0 Å². The highest BCUT2D eigenvalue weighted by molar-refractivity contribution is 8.00. The number of hydrogen-bond donors (Lipinski definition) is 1. The molecule has 0 aliphatic rings. The van der Waals surface area contributed by atoms with Crippen LogP contribution < -0.4 is 5.73 Å². The molecule has 3 aromatic heterocycles. The van der Waals surface area contributed by atoms with Gasteiger partial charge in [0.1, 0.15) is 11.8 Å². The number of nitrogen functional groups attached to an aromatic ring is 1. The summed E-state index contributed by atoms with van der Waals surface area (Å²) in [6, 6.07) is 12.6. The van der Waals surface area contributed by atoms with Crippen molar-refractivity contribution in [1.29, 1.82) is 5.26 Å². The third-order valence-corrected chi connectivity index (χ3v) is 5.99. The van der Waals surface area contributed by atoms with Gasteiger partial charge in [0, 0.05) is 30.0 Å². The number of carbonyl (C=O) groups is 1. The number of nitrogens with two attached hydrogens (primary N) is 1. The van der Waals surface area contributed by atoms with Gasteiger partial charge in [0.25, 0.3) is 0 Å². The molecule has 0 unspecified atom stereocenters. The number of nitriles is 1. The Balaban J connectivity index is 1.49. The van der Waals surface area contributed by atoms with E-state index in [4.69, 9.17) is 27.0 Å². The minimum absolute atomic E-state index is 0.0741. The summed E-state index contributed by atoms with van der Waals surface area (Å²) in [7, 11) is 0. The molecule has 0 radical (unpaired) electrons. The topological polar surface area (TPSA) is 140 Å². The molecule has 0 bridgehead atoms. The van der Waals surface area contributed by atoms with Crippen LogP contribution in [-0.2, 0) is 17.9 Å². The Morgan fingerprint density at radius 1 is 1.27 bits per heavy atom. The maximum atomic E-state index is 13.1. The average molecular weight is 481 g/mol. The van der Waals surface area contributed by atoms with E-state index < -0.39 is 0 Å². The molecule has 0 aliphatic heterocycles. The predicted octanol–water partition coefficient (Wildman–Crippen LogP) is 3.08. The van der Waals surface area contributed by atoms with Crippen LogP contribution in [0.5, 0.6) is 0 Å². The molecule has 0 saturated carbocycles. The minimum atomic E-state index is -0.179. The highest BCUT2D eigenvalue weighted by Gasteiger charge is 2.19. The van der Waals surface area contributed by atoms with Crippen LogP contribution in [0.15, 0.2) is 64.3 Å². The van der Waals surface area contributed by atoms with Crippen LogP contribution in [0.4, 0.5) is 6.01 Å². The third kappa shape index (κ3) is 5.68. The zero-order chi connectivity index (χ0) is 23.2. The van der Waals surface area contributed by atoms with Crippen molar-refractivity contribution in [3.63, 3.8) is 0 Å². The van der Waals surface area contributed by atoms with Gasteiger partial charge in [0.05, 0.1) is 23.0 Å². The summed E-state index contributed by atoms with van der Waals surface area (Å²) in [5.74, 6) is 0.156. The van der Waals surface area contributed by atoms with E-state index in [1.54, 1.807) is 40.2 Å². The molecule has 33 heavy (non-hydrogen) atoms. The molecule has 1 amide bonds. The molecule has 0 saturated heterocycles. The van der Waals surface area contributed by atoms with Crippen LogP contribution in [0.3, 0.4) is 0 Å². The number of hydrogen-bond acceptors (Lipinski definition) is 9. The second-order valence-electron chi connectivity index (χ2n) is 6.80. The molecule has 12 heteroatoms. The molecule has 4 aromatic rings. The Morgan fingerprint density at radius 2 is 2.15 bits per heavy atom. The van der Waals surface area contributed by atoms with Crippen LogP contribution in [0.1, 0.15) is 17.1 Å². The lowest BCUT2D eigenvalue weighted by Gasteiger charge is -2.21. The van der Waals surface area contributed by atoms with Gasteiger partial charge in [-0.1, -0.05) is 22.8 Å². The molecule has 1 aromatic carbocycles. The summed E-state index contributed by atoms with van der Waals surface area (Å²) in [5, 5.41) is 21.2. The number of anilines is 1. The van der Waals surface area contributed by atoms with Crippen LogP contribution in [0.25, 0.3) is 5.69 Å². The lowest BCUT2D eigenvalue weighted by Crippen LogP contribution is -2.31. The Bertz CT molecular complexity index is 1280. The Morgan fingerprint density at radius 3 is 2.82 bits per heavy atom. The fourth-order valence-corrected chi connectivity index (χ4v) is 4.08. The van der Waals surface area contributed by atoms with E-state index in [-0.39, 0.29) is 36.7 Å². The van der Waals surface area contributed by atoms with Gasteiger partial charge in [-0.2, -0.15) is 10.4 Å². The van der Waals surface area contributed by atoms with Gasteiger partial charge in [0.2, 0.25) is 11.8 Å². The molecule has 0 atom stereocenters. The number of aromatic nitrogens is 5. The lowest BCUT2D eigenvalue weighted by molar-refractivity contribution is -0.129. The number of amides is 1. The molecular weight excluding hydrogens is 464 g/mol. The highest BCUT2D eigenvalue weighted by Crippen LogP contribution is 2.29. The maximum Gasteiger partial charge on any atom is 0.312 e. The second kappa shape index (κ2) is 10.2. The standard InChI is InChI=1S/C21H17ClN8O2S/c22-17-5-4-16(30-7-1-6-26-30)8-18(17)33-13-20(31)29(12-19-27-28-21(24)32-19)11-14-2-3-15(9-23)25-10-14/h1-8,10H,11-13H2,(H2,24,28). The van der Waals surface area contributed by atoms with E-state index in [1.807, 2.05) is 30.5 Å². The first-order chi connectivity index (χ1) is 16.0. The fraction of sp³-hybridized carbons (Fsp3) is 0.143. The molecule has 0 aliphatic carbocycles. The van der Waals surface area contributed by atoms with Crippen molar-refractivity contribution in [2.45, 2.75) is 18.0 Å². The molecule has 2 N–H and O–H groups in total. The molecule has 4 rings (SSSR count). The van der Waals surface area contributed by atoms with Crippen molar-refractivity contribution in [2.75, 3.05) is 11.5 Å². The first-order valence-corrected chi connectivity index (χ1v) is 11.0. The summed E-state index contributed by atoms with van der Waals surface area (Å²) < 4.78 is 6.96. The Kier molecular flexibility index (Phi) is 6.87. The van der Waals surface area contributed by atoms with Gasteiger partial charge in [-0.3, -0.25) is 4.79 Å². The van der Waals surface area contributed by atoms with Crippen molar-refractivity contribution in [3.05, 3.63) is 77.2 Å². The van der Waals surface area contributed by atoms with Gasteiger partial charge in [-0.25, -0.2) is 9.67 Å². The quantitative estimate of drug-likeness (QED) is 0.376. The zero-order valence-corrected chi connectivity index (χ0v) is 18.7. The van der Waals surface area contributed by atoms with Gasteiger partial charge in [-0.15, -0.1) is 16.9 Å². The van der Waals surface area contributed by atoms with E-state index in [9.17, 15) is 4.79 Å². The van der Waals surface area contributed by atoms with E-state index in [0.717, 1.165) is 16.1 Å². The number of thioether (sulfide) groups is 1. The minimum Gasteiger partial charge on any atom is -0.406 e. The average Bonchev–Trinajstić information content (AvgIpc) is 3.50. The van der Waals surface area contributed by atoms with Gasteiger partial charge in [0.15, 0.2) is 0 Å². The summed E-state index contributed by atoms with van der Waals surface area (Å²) in [6.45, 7) is 0.312. The van der Waals surface area contributed by atoms with Crippen molar-refractivity contribution in [2.24, 2.45) is 0 Å². The molecule has 3 heterocycles. The van der Waals surface area contributed by atoms with Crippen LogP contribution in [0.2, 0.25) is 5.02 Å². The van der Waals surface area contributed by atoms with Gasteiger partial charge in [-0.05, 0) is 35.9 Å². The normalized spacial score (nSPS) is 10.7. The van der Waals surface area contributed by atoms with E-state index in [2.05, 4.69) is 20.3 Å².